The van der Waals surface area contributed by atoms with Crippen molar-refractivity contribution < 1.29 is 17.9 Å². The third-order valence-electron chi connectivity index (χ3n) is 2.16. The van der Waals surface area contributed by atoms with Gasteiger partial charge in [-0.2, -0.15) is 13.2 Å². The second-order valence-corrected chi connectivity index (χ2v) is 3.23. The van der Waals surface area contributed by atoms with Gasteiger partial charge in [-0.15, -0.1) is 0 Å². The SMILES string of the molecule is CCN1CCC(OCC(F)(F)F)C1. The van der Waals surface area contributed by atoms with Crippen molar-refractivity contribution in [2.45, 2.75) is 25.6 Å². The van der Waals surface area contributed by atoms with E-state index in [1.807, 2.05) is 6.92 Å². The van der Waals surface area contributed by atoms with Crippen molar-refractivity contribution in [1.29, 1.82) is 0 Å². The van der Waals surface area contributed by atoms with Crippen LogP contribution in [-0.2, 0) is 4.74 Å². The van der Waals surface area contributed by atoms with Crippen LogP contribution < -0.4 is 0 Å². The van der Waals surface area contributed by atoms with Crippen LogP contribution in [0.4, 0.5) is 13.2 Å². The van der Waals surface area contributed by atoms with E-state index in [0.717, 1.165) is 13.1 Å². The molecule has 1 aliphatic rings. The summed E-state index contributed by atoms with van der Waals surface area (Å²) < 4.78 is 40.0. The molecule has 78 valence electrons. The molecule has 1 rings (SSSR count). The number of likely N-dealkylation sites (tertiary alicyclic amines) is 1. The summed E-state index contributed by atoms with van der Waals surface area (Å²) in [5.41, 5.74) is 0. The number of hydrogen-bond acceptors (Lipinski definition) is 2. The molecule has 1 atom stereocenters. The minimum absolute atomic E-state index is 0.235. The third-order valence-corrected chi connectivity index (χ3v) is 2.16. The summed E-state index contributed by atoms with van der Waals surface area (Å²) in [6.45, 7) is 3.23. The lowest BCUT2D eigenvalue weighted by Crippen LogP contribution is -2.26. The lowest BCUT2D eigenvalue weighted by atomic mass is 10.3. The van der Waals surface area contributed by atoms with Crippen molar-refractivity contribution in [1.82, 2.24) is 4.90 Å². The van der Waals surface area contributed by atoms with Crippen LogP contribution in [0.1, 0.15) is 13.3 Å². The molecule has 0 aliphatic carbocycles. The molecule has 0 amide bonds. The zero-order valence-electron chi connectivity index (χ0n) is 7.60. The molecule has 1 aliphatic heterocycles. The number of ether oxygens (including phenoxy) is 1. The fraction of sp³-hybridized carbons (Fsp3) is 1.00. The van der Waals surface area contributed by atoms with Gasteiger partial charge in [0.05, 0.1) is 6.10 Å². The summed E-state index contributed by atoms with van der Waals surface area (Å²) in [6.07, 6.45) is -3.72. The molecule has 2 nitrogen and oxygen atoms in total. The van der Waals surface area contributed by atoms with Gasteiger partial charge in [0, 0.05) is 13.1 Å². The standard InChI is InChI=1S/C8H14F3NO/c1-2-12-4-3-7(5-12)13-6-8(9,10)11/h7H,2-6H2,1H3. The van der Waals surface area contributed by atoms with Gasteiger partial charge in [0.15, 0.2) is 0 Å². The number of hydrogen-bond donors (Lipinski definition) is 0. The van der Waals surface area contributed by atoms with Crippen LogP contribution in [0.5, 0.6) is 0 Å². The highest BCUT2D eigenvalue weighted by Crippen LogP contribution is 2.18. The van der Waals surface area contributed by atoms with Crippen molar-refractivity contribution in [2.24, 2.45) is 0 Å². The summed E-state index contributed by atoms with van der Waals surface area (Å²) in [5.74, 6) is 0. The molecule has 0 radical (unpaired) electrons. The molecule has 5 heteroatoms. The van der Waals surface area contributed by atoms with Crippen molar-refractivity contribution in [2.75, 3.05) is 26.2 Å². The molecule has 0 N–H and O–H groups in total. The maximum absolute atomic E-state index is 11.7. The Morgan fingerprint density at radius 2 is 2.15 bits per heavy atom. The molecule has 1 unspecified atom stereocenters. The summed E-state index contributed by atoms with van der Waals surface area (Å²) in [7, 11) is 0. The Hall–Kier alpha value is -0.290. The Morgan fingerprint density at radius 3 is 2.62 bits per heavy atom. The Kier molecular flexibility index (Phi) is 3.55. The first-order chi connectivity index (χ1) is 6.01. The Bertz CT molecular complexity index is 160. The quantitative estimate of drug-likeness (QED) is 0.682. The Labute approximate surface area is 75.7 Å². The Balaban J connectivity index is 2.17. The van der Waals surface area contributed by atoms with Gasteiger partial charge in [0.2, 0.25) is 0 Å². The average Bonchev–Trinajstić information content (AvgIpc) is 2.47. The largest absolute Gasteiger partial charge is 0.411 e. The lowest BCUT2D eigenvalue weighted by Gasteiger charge is -2.14. The number of rotatable bonds is 3. The van der Waals surface area contributed by atoms with E-state index in [9.17, 15) is 13.2 Å². The summed E-state index contributed by atoms with van der Waals surface area (Å²) in [5, 5.41) is 0. The van der Waals surface area contributed by atoms with Gasteiger partial charge < -0.3 is 9.64 Å². The van der Waals surface area contributed by atoms with E-state index in [-0.39, 0.29) is 6.10 Å². The minimum atomic E-state index is -4.19. The summed E-state index contributed by atoms with van der Waals surface area (Å²) >= 11 is 0. The maximum atomic E-state index is 11.7. The normalized spacial score (nSPS) is 25.4. The van der Waals surface area contributed by atoms with Crippen LogP contribution in [-0.4, -0.2) is 43.4 Å². The molecule has 0 saturated carbocycles. The number of nitrogens with zero attached hydrogens (tertiary/aromatic N) is 1. The number of likely N-dealkylation sites (N-methyl/N-ethyl adjacent to an activating group) is 1. The zero-order valence-corrected chi connectivity index (χ0v) is 7.60. The van der Waals surface area contributed by atoms with Gasteiger partial charge in [-0.25, -0.2) is 0 Å². The van der Waals surface area contributed by atoms with Crippen LogP contribution in [0.3, 0.4) is 0 Å². The van der Waals surface area contributed by atoms with Gasteiger partial charge in [0.1, 0.15) is 6.61 Å². The second-order valence-electron chi connectivity index (χ2n) is 3.23. The van der Waals surface area contributed by atoms with Crippen molar-refractivity contribution in [3.05, 3.63) is 0 Å². The van der Waals surface area contributed by atoms with Crippen LogP contribution >= 0.6 is 0 Å². The highest BCUT2D eigenvalue weighted by Gasteiger charge is 2.31. The zero-order chi connectivity index (χ0) is 9.90. The molecule has 0 bridgehead atoms. The molecule has 1 fully saturated rings. The molecule has 0 spiro atoms. The predicted molar refractivity (Wildman–Crippen MR) is 42.5 cm³/mol. The molecular formula is C8H14F3NO. The van der Waals surface area contributed by atoms with E-state index in [4.69, 9.17) is 4.74 Å². The van der Waals surface area contributed by atoms with E-state index in [2.05, 4.69) is 4.90 Å². The van der Waals surface area contributed by atoms with Gasteiger partial charge in [-0.05, 0) is 13.0 Å². The third kappa shape index (κ3) is 3.95. The van der Waals surface area contributed by atoms with Gasteiger partial charge >= 0.3 is 6.18 Å². The van der Waals surface area contributed by atoms with Crippen molar-refractivity contribution in [3.63, 3.8) is 0 Å². The van der Waals surface area contributed by atoms with Gasteiger partial charge in [0.25, 0.3) is 0 Å². The fourth-order valence-electron chi connectivity index (χ4n) is 1.43. The minimum Gasteiger partial charge on any atom is -0.367 e. The highest BCUT2D eigenvalue weighted by atomic mass is 19.4. The van der Waals surface area contributed by atoms with Crippen LogP contribution in [0.25, 0.3) is 0 Å². The molecule has 0 aromatic carbocycles. The van der Waals surface area contributed by atoms with E-state index in [1.54, 1.807) is 0 Å². The van der Waals surface area contributed by atoms with Gasteiger partial charge in [-0.1, -0.05) is 6.92 Å². The monoisotopic (exact) mass is 197 g/mol. The van der Waals surface area contributed by atoms with E-state index < -0.39 is 12.8 Å². The molecule has 0 aromatic rings. The average molecular weight is 197 g/mol. The molecule has 13 heavy (non-hydrogen) atoms. The molecule has 1 heterocycles. The fourth-order valence-corrected chi connectivity index (χ4v) is 1.43. The predicted octanol–water partition coefficient (Wildman–Crippen LogP) is 1.66. The first-order valence-corrected chi connectivity index (χ1v) is 4.42. The van der Waals surface area contributed by atoms with Crippen LogP contribution in [0.15, 0.2) is 0 Å². The second kappa shape index (κ2) is 4.28. The van der Waals surface area contributed by atoms with E-state index >= 15 is 0 Å². The van der Waals surface area contributed by atoms with E-state index in [1.165, 1.54) is 0 Å². The smallest absolute Gasteiger partial charge is 0.367 e. The van der Waals surface area contributed by atoms with E-state index in [0.29, 0.717) is 13.0 Å². The topological polar surface area (TPSA) is 12.5 Å². The maximum Gasteiger partial charge on any atom is 0.411 e. The van der Waals surface area contributed by atoms with Crippen LogP contribution in [0.2, 0.25) is 0 Å². The lowest BCUT2D eigenvalue weighted by molar-refractivity contribution is -0.183. The Morgan fingerprint density at radius 1 is 1.46 bits per heavy atom. The van der Waals surface area contributed by atoms with Crippen molar-refractivity contribution >= 4 is 0 Å². The number of halogens is 3. The first kappa shape index (κ1) is 10.8. The summed E-state index contributed by atoms with van der Waals surface area (Å²) in [4.78, 5) is 2.08. The molecule has 1 saturated heterocycles. The van der Waals surface area contributed by atoms with Crippen LogP contribution in [0, 0.1) is 0 Å². The number of alkyl halides is 3. The molecule has 0 aromatic heterocycles. The van der Waals surface area contributed by atoms with Crippen molar-refractivity contribution in [3.8, 4) is 0 Å². The van der Waals surface area contributed by atoms with Gasteiger partial charge in [-0.3, -0.25) is 0 Å². The highest BCUT2D eigenvalue weighted by molar-refractivity contribution is 4.75. The first-order valence-electron chi connectivity index (χ1n) is 4.42. The molecular weight excluding hydrogens is 183 g/mol. The summed E-state index contributed by atoms with van der Waals surface area (Å²) in [6, 6.07) is 0.